The van der Waals surface area contributed by atoms with Gasteiger partial charge in [0.15, 0.2) is 12.6 Å². The van der Waals surface area contributed by atoms with E-state index in [0.717, 1.165) is 63.9 Å². The summed E-state index contributed by atoms with van der Waals surface area (Å²) in [6, 6.07) is 6.54. The molecule has 1 unspecified atom stereocenters. The van der Waals surface area contributed by atoms with Gasteiger partial charge in [-0.2, -0.15) is 13.2 Å². The molecule has 0 amide bonds. The third-order valence-corrected chi connectivity index (χ3v) is 5.19. The van der Waals surface area contributed by atoms with Crippen molar-refractivity contribution in [2.45, 2.75) is 33.5 Å². The van der Waals surface area contributed by atoms with Gasteiger partial charge in [-0.25, -0.2) is 4.99 Å². The average molecular weight is 444 g/mol. The fourth-order valence-electron chi connectivity index (χ4n) is 3.43. The molecule has 9 heteroatoms. The third kappa shape index (κ3) is 10.2. The average Bonchev–Trinajstić information content (AvgIpc) is 2.75. The van der Waals surface area contributed by atoms with Gasteiger partial charge in [-0.15, -0.1) is 0 Å². The summed E-state index contributed by atoms with van der Waals surface area (Å²) in [5.41, 5.74) is 0.901. The molecule has 2 rings (SSSR count). The number of benzene rings is 1. The summed E-state index contributed by atoms with van der Waals surface area (Å²) in [6.45, 7) is 13.9. The lowest BCUT2D eigenvalue weighted by molar-refractivity contribution is -0.153. The van der Waals surface area contributed by atoms with Crippen molar-refractivity contribution in [2.24, 2.45) is 10.9 Å². The summed E-state index contributed by atoms with van der Waals surface area (Å²) < 4.78 is 41.4. The minimum Gasteiger partial charge on any atom is -0.484 e. The number of hydrogen-bond donors (Lipinski definition) is 2. The van der Waals surface area contributed by atoms with Crippen LogP contribution >= 0.6 is 0 Å². The maximum Gasteiger partial charge on any atom is 0.422 e. The van der Waals surface area contributed by atoms with Gasteiger partial charge < -0.3 is 25.2 Å². The molecule has 1 aromatic carbocycles. The third-order valence-electron chi connectivity index (χ3n) is 5.19. The van der Waals surface area contributed by atoms with Crippen LogP contribution in [0, 0.1) is 5.92 Å². The molecule has 1 fully saturated rings. The Bertz CT molecular complexity index is 658. The zero-order valence-corrected chi connectivity index (χ0v) is 18.8. The Morgan fingerprint density at radius 1 is 1.06 bits per heavy atom. The molecule has 176 valence electrons. The second-order valence-corrected chi connectivity index (χ2v) is 7.96. The smallest absolute Gasteiger partial charge is 0.422 e. The molecule has 1 aliphatic rings. The number of piperazine rings is 1. The Balaban J connectivity index is 1.77. The SMILES string of the molecule is CCNC(=NCc1ccc(OCC(F)(F)F)cc1)NCC(C)CN1CCN(CC)CC1. The van der Waals surface area contributed by atoms with Crippen LogP contribution in [0.4, 0.5) is 13.2 Å². The number of likely N-dealkylation sites (N-methyl/N-ethyl adjacent to an activating group) is 1. The number of guanidine groups is 1. The quantitative estimate of drug-likeness (QED) is 0.430. The first-order chi connectivity index (χ1) is 14.8. The first-order valence-electron chi connectivity index (χ1n) is 11.0. The number of rotatable bonds is 10. The molecule has 1 aromatic rings. The molecular formula is C22H36F3N5O. The predicted octanol–water partition coefficient (Wildman–Crippen LogP) is 2.96. The fourth-order valence-corrected chi connectivity index (χ4v) is 3.43. The molecule has 0 radical (unpaired) electrons. The highest BCUT2D eigenvalue weighted by molar-refractivity contribution is 5.79. The lowest BCUT2D eigenvalue weighted by Crippen LogP contribution is -2.48. The first-order valence-corrected chi connectivity index (χ1v) is 11.0. The van der Waals surface area contributed by atoms with E-state index in [9.17, 15) is 13.2 Å². The number of nitrogens with zero attached hydrogens (tertiary/aromatic N) is 3. The van der Waals surface area contributed by atoms with Crippen LogP contribution in [0.25, 0.3) is 0 Å². The lowest BCUT2D eigenvalue weighted by atomic mass is 10.1. The van der Waals surface area contributed by atoms with Gasteiger partial charge in [-0.1, -0.05) is 26.0 Å². The van der Waals surface area contributed by atoms with Gasteiger partial charge in [0.25, 0.3) is 0 Å². The molecule has 2 N–H and O–H groups in total. The van der Waals surface area contributed by atoms with Crippen molar-refractivity contribution in [3.8, 4) is 5.75 Å². The normalized spacial score (nSPS) is 17.4. The Labute approximate surface area is 183 Å². The van der Waals surface area contributed by atoms with Crippen molar-refractivity contribution in [1.29, 1.82) is 0 Å². The van der Waals surface area contributed by atoms with Crippen LogP contribution in [0.2, 0.25) is 0 Å². The van der Waals surface area contributed by atoms with Crippen LogP contribution in [-0.2, 0) is 6.54 Å². The Morgan fingerprint density at radius 3 is 2.29 bits per heavy atom. The molecule has 0 aliphatic carbocycles. The van der Waals surface area contributed by atoms with Crippen LogP contribution in [0.3, 0.4) is 0 Å². The second-order valence-electron chi connectivity index (χ2n) is 7.96. The number of aliphatic imine (C=N–C) groups is 1. The number of ether oxygens (including phenoxy) is 1. The van der Waals surface area contributed by atoms with Gasteiger partial charge in [0, 0.05) is 45.8 Å². The van der Waals surface area contributed by atoms with Crippen LogP contribution < -0.4 is 15.4 Å². The molecule has 0 aromatic heterocycles. The standard InChI is InChI=1S/C22H36F3N5O/c1-4-26-21(27-14-18(3)16-30-12-10-29(5-2)11-13-30)28-15-19-6-8-20(9-7-19)31-17-22(23,24)25/h6-9,18H,4-5,10-17H2,1-3H3,(H2,26,27,28). The molecular weight excluding hydrogens is 407 g/mol. The van der Waals surface area contributed by atoms with Crippen molar-refractivity contribution >= 4 is 5.96 Å². The number of hydrogen-bond acceptors (Lipinski definition) is 4. The zero-order valence-electron chi connectivity index (χ0n) is 18.8. The first kappa shape index (κ1) is 25.3. The summed E-state index contributed by atoms with van der Waals surface area (Å²) in [6.07, 6.45) is -4.34. The van der Waals surface area contributed by atoms with Crippen LogP contribution in [0.5, 0.6) is 5.75 Å². The van der Waals surface area contributed by atoms with Crippen molar-refractivity contribution in [3.05, 3.63) is 29.8 Å². The minimum absolute atomic E-state index is 0.198. The highest BCUT2D eigenvalue weighted by Crippen LogP contribution is 2.19. The molecule has 6 nitrogen and oxygen atoms in total. The van der Waals surface area contributed by atoms with E-state index >= 15 is 0 Å². The minimum atomic E-state index is -4.34. The Kier molecular flexibility index (Phi) is 10.4. The van der Waals surface area contributed by atoms with Crippen molar-refractivity contribution in [1.82, 2.24) is 20.4 Å². The van der Waals surface area contributed by atoms with Crippen LogP contribution in [-0.4, -0.2) is 80.9 Å². The van der Waals surface area contributed by atoms with E-state index in [1.54, 1.807) is 12.1 Å². The summed E-state index contributed by atoms with van der Waals surface area (Å²) in [7, 11) is 0. The summed E-state index contributed by atoms with van der Waals surface area (Å²) in [5.74, 6) is 1.42. The number of nitrogens with one attached hydrogen (secondary N) is 2. The van der Waals surface area contributed by atoms with Crippen LogP contribution in [0.15, 0.2) is 29.3 Å². The molecule has 1 saturated heterocycles. The van der Waals surface area contributed by atoms with Gasteiger partial charge >= 0.3 is 6.18 Å². The van der Waals surface area contributed by atoms with Crippen LogP contribution in [0.1, 0.15) is 26.3 Å². The lowest BCUT2D eigenvalue weighted by Gasteiger charge is -2.35. The molecule has 0 saturated carbocycles. The van der Waals surface area contributed by atoms with E-state index in [1.807, 2.05) is 6.92 Å². The van der Waals surface area contributed by atoms with E-state index < -0.39 is 12.8 Å². The van der Waals surface area contributed by atoms with Crippen molar-refractivity contribution < 1.29 is 17.9 Å². The monoisotopic (exact) mass is 443 g/mol. The molecule has 31 heavy (non-hydrogen) atoms. The largest absolute Gasteiger partial charge is 0.484 e. The van der Waals surface area contributed by atoms with E-state index in [2.05, 4.69) is 39.3 Å². The van der Waals surface area contributed by atoms with E-state index in [0.29, 0.717) is 12.5 Å². The highest BCUT2D eigenvalue weighted by atomic mass is 19.4. The van der Waals surface area contributed by atoms with Gasteiger partial charge in [-0.3, -0.25) is 0 Å². The van der Waals surface area contributed by atoms with Gasteiger partial charge in [0.2, 0.25) is 0 Å². The summed E-state index contributed by atoms with van der Waals surface area (Å²) in [4.78, 5) is 9.59. The van der Waals surface area contributed by atoms with E-state index in [1.165, 1.54) is 12.1 Å². The maximum atomic E-state index is 12.2. The molecule has 1 aliphatic heterocycles. The fraction of sp³-hybridized carbons (Fsp3) is 0.682. The summed E-state index contributed by atoms with van der Waals surface area (Å²) in [5, 5.41) is 6.64. The van der Waals surface area contributed by atoms with Gasteiger partial charge in [0.05, 0.1) is 6.54 Å². The molecule has 1 atom stereocenters. The highest BCUT2D eigenvalue weighted by Gasteiger charge is 2.28. The van der Waals surface area contributed by atoms with Crippen molar-refractivity contribution in [2.75, 3.05) is 59.0 Å². The van der Waals surface area contributed by atoms with Crippen molar-refractivity contribution in [3.63, 3.8) is 0 Å². The summed E-state index contributed by atoms with van der Waals surface area (Å²) >= 11 is 0. The maximum absolute atomic E-state index is 12.2. The molecule has 0 bridgehead atoms. The number of halogens is 3. The Hall–Kier alpha value is -2.00. The topological polar surface area (TPSA) is 52.1 Å². The molecule has 0 spiro atoms. The number of alkyl halides is 3. The van der Waals surface area contributed by atoms with E-state index in [-0.39, 0.29) is 5.75 Å². The van der Waals surface area contributed by atoms with Gasteiger partial charge in [0.1, 0.15) is 5.75 Å². The van der Waals surface area contributed by atoms with E-state index in [4.69, 9.17) is 4.74 Å². The second kappa shape index (κ2) is 12.8. The molecule has 1 heterocycles. The predicted molar refractivity (Wildman–Crippen MR) is 119 cm³/mol. The zero-order chi connectivity index (χ0) is 22.7. The Morgan fingerprint density at radius 2 is 1.71 bits per heavy atom. The van der Waals surface area contributed by atoms with Gasteiger partial charge in [-0.05, 0) is 37.1 Å².